The zero-order chi connectivity index (χ0) is 23.1. The normalized spacial score (nSPS) is 14.6. The number of carbonyl (C=O) groups is 2. The van der Waals surface area contributed by atoms with Gasteiger partial charge in [0.15, 0.2) is 18.1 Å². The third-order valence-corrected chi connectivity index (χ3v) is 5.82. The van der Waals surface area contributed by atoms with Crippen LogP contribution in [0.15, 0.2) is 60.0 Å². The van der Waals surface area contributed by atoms with Crippen molar-refractivity contribution in [1.82, 2.24) is 4.90 Å². The molecule has 0 spiro atoms. The molecule has 1 N–H and O–H groups in total. The molecule has 0 unspecified atom stereocenters. The van der Waals surface area contributed by atoms with Crippen LogP contribution in [0.5, 0.6) is 11.5 Å². The molecular weight excluding hydrogens is 444 g/mol. The summed E-state index contributed by atoms with van der Waals surface area (Å²) in [5, 5.41) is 2.80. The number of thiocarbonyl (C=S) groups is 1. The lowest BCUT2D eigenvalue weighted by Gasteiger charge is -2.13. The van der Waals surface area contributed by atoms with E-state index in [4.69, 9.17) is 21.7 Å². The highest BCUT2D eigenvalue weighted by atomic mass is 32.2. The number of hydrogen-bond donors (Lipinski definition) is 1. The van der Waals surface area contributed by atoms with Gasteiger partial charge in [-0.3, -0.25) is 14.5 Å². The third kappa shape index (κ3) is 5.99. The zero-order valence-corrected chi connectivity index (χ0v) is 19.6. The minimum Gasteiger partial charge on any atom is -0.490 e. The number of carbonyl (C=O) groups excluding carboxylic acids is 2. The summed E-state index contributed by atoms with van der Waals surface area (Å²) < 4.78 is 11.9. The van der Waals surface area contributed by atoms with Crippen LogP contribution in [0.1, 0.15) is 18.1 Å². The van der Waals surface area contributed by atoms with Crippen LogP contribution in [0.3, 0.4) is 0 Å². The molecule has 1 heterocycles. The van der Waals surface area contributed by atoms with Crippen molar-refractivity contribution in [3.8, 4) is 11.5 Å². The molecule has 32 heavy (non-hydrogen) atoms. The molecule has 0 aromatic heterocycles. The van der Waals surface area contributed by atoms with Crippen LogP contribution >= 0.6 is 24.0 Å². The van der Waals surface area contributed by atoms with Crippen molar-refractivity contribution in [2.75, 3.05) is 25.1 Å². The van der Waals surface area contributed by atoms with E-state index in [1.165, 1.54) is 16.7 Å². The van der Waals surface area contributed by atoms with Crippen LogP contribution in [0, 0.1) is 6.92 Å². The summed E-state index contributed by atoms with van der Waals surface area (Å²) in [6, 6.07) is 12.8. The molecule has 0 atom stereocenters. The maximum atomic E-state index is 12.5. The molecule has 166 valence electrons. The van der Waals surface area contributed by atoms with Crippen molar-refractivity contribution in [2.45, 2.75) is 13.8 Å². The Hall–Kier alpha value is -3.10. The molecule has 0 saturated carbocycles. The Labute approximate surface area is 197 Å². The molecule has 2 aromatic carbocycles. The van der Waals surface area contributed by atoms with Crippen LogP contribution in [-0.2, 0) is 9.59 Å². The number of amides is 2. The summed E-state index contributed by atoms with van der Waals surface area (Å²) in [7, 11) is 0. The van der Waals surface area contributed by atoms with Crippen LogP contribution in [0.25, 0.3) is 6.08 Å². The van der Waals surface area contributed by atoms with Gasteiger partial charge in [0.2, 0.25) is 0 Å². The van der Waals surface area contributed by atoms with Crippen molar-refractivity contribution in [2.24, 2.45) is 0 Å². The first-order chi connectivity index (χ1) is 15.4. The van der Waals surface area contributed by atoms with Gasteiger partial charge in [0.05, 0.1) is 11.5 Å². The molecule has 3 rings (SSSR count). The molecule has 0 aliphatic carbocycles. The van der Waals surface area contributed by atoms with Gasteiger partial charge in [-0.2, -0.15) is 0 Å². The second kappa shape index (κ2) is 11.0. The number of nitrogens with zero attached hydrogens (tertiary/aromatic N) is 1. The first kappa shape index (κ1) is 23.6. The highest BCUT2D eigenvalue weighted by Crippen LogP contribution is 2.34. The van der Waals surface area contributed by atoms with Gasteiger partial charge >= 0.3 is 0 Å². The van der Waals surface area contributed by atoms with Crippen LogP contribution in [0.4, 0.5) is 5.69 Å². The zero-order valence-electron chi connectivity index (χ0n) is 17.9. The van der Waals surface area contributed by atoms with Crippen molar-refractivity contribution in [3.05, 3.63) is 71.2 Å². The fourth-order valence-electron chi connectivity index (χ4n) is 2.92. The second-order valence-electron chi connectivity index (χ2n) is 6.92. The largest absolute Gasteiger partial charge is 0.490 e. The van der Waals surface area contributed by atoms with Gasteiger partial charge in [0.25, 0.3) is 11.8 Å². The average molecular weight is 469 g/mol. The molecule has 0 radical (unpaired) electrons. The SMILES string of the molecule is C=CCN1C(=O)C(=Cc2ccc(OCC(=O)Nc3ccc(C)cc3)c(OCC)c2)SC1=S. The molecule has 0 bridgehead atoms. The Morgan fingerprint density at radius 3 is 2.62 bits per heavy atom. The maximum Gasteiger partial charge on any atom is 0.266 e. The number of anilines is 1. The van der Waals surface area contributed by atoms with Crippen molar-refractivity contribution < 1.29 is 19.1 Å². The predicted octanol–water partition coefficient (Wildman–Crippen LogP) is 4.80. The number of hydrogen-bond acceptors (Lipinski definition) is 6. The molecule has 1 aliphatic heterocycles. The fraction of sp³-hybridized carbons (Fsp3) is 0.208. The van der Waals surface area contributed by atoms with Crippen molar-refractivity contribution in [1.29, 1.82) is 0 Å². The number of aryl methyl sites for hydroxylation is 1. The second-order valence-corrected chi connectivity index (χ2v) is 8.60. The lowest BCUT2D eigenvalue weighted by Crippen LogP contribution is -2.27. The van der Waals surface area contributed by atoms with Gasteiger partial charge in [-0.05, 0) is 49.8 Å². The summed E-state index contributed by atoms with van der Waals surface area (Å²) in [4.78, 5) is 26.8. The molecule has 1 saturated heterocycles. The van der Waals surface area contributed by atoms with Crippen molar-refractivity contribution >= 4 is 51.9 Å². The molecule has 8 heteroatoms. The van der Waals surface area contributed by atoms with Gasteiger partial charge < -0.3 is 14.8 Å². The summed E-state index contributed by atoms with van der Waals surface area (Å²) in [5.41, 5.74) is 2.59. The highest BCUT2D eigenvalue weighted by molar-refractivity contribution is 8.26. The van der Waals surface area contributed by atoms with Gasteiger partial charge in [0, 0.05) is 12.2 Å². The lowest BCUT2D eigenvalue weighted by atomic mass is 10.2. The third-order valence-electron chi connectivity index (χ3n) is 4.44. The number of rotatable bonds is 9. The number of thioether (sulfide) groups is 1. The molecule has 2 aromatic rings. The summed E-state index contributed by atoms with van der Waals surface area (Å²) >= 11 is 6.53. The Morgan fingerprint density at radius 1 is 1.19 bits per heavy atom. The van der Waals surface area contributed by atoms with Gasteiger partial charge in [-0.25, -0.2) is 0 Å². The van der Waals surface area contributed by atoms with E-state index in [0.717, 1.165) is 11.1 Å². The minimum absolute atomic E-state index is 0.147. The van der Waals surface area contributed by atoms with Crippen molar-refractivity contribution in [3.63, 3.8) is 0 Å². The molecule has 2 amide bonds. The Morgan fingerprint density at radius 2 is 1.94 bits per heavy atom. The minimum atomic E-state index is -0.272. The molecule has 1 aliphatic rings. The Kier molecular flexibility index (Phi) is 8.08. The van der Waals surface area contributed by atoms with E-state index in [1.54, 1.807) is 30.4 Å². The van der Waals surface area contributed by atoms with E-state index in [2.05, 4.69) is 11.9 Å². The van der Waals surface area contributed by atoms with E-state index in [-0.39, 0.29) is 18.4 Å². The first-order valence-electron chi connectivity index (χ1n) is 10.0. The van der Waals surface area contributed by atoms with E-state index in [0.29, 0.717) is 39.6 Å². The first-order valence-corrected chi connectivity index (χ1v) is 11.3. The molecule has 6 nitrogen and oxygen atoms in total. The Balaban J connectivity index is 1.70. The quantitative estimate of drug-likeness (QED) is 0.324. The fourth-order valence-corrected chi connectivity index (χ4v) is 4.19. The van der Waals surface area contributed by atoms with E-state index < -0.39 is 0 Å². The topological polar surface area (TPSA) is 67.9 Å². The Bertz CT molecular complexity index is 1060. The van der Waals surface area contributed by atoms with E-state index in [9.17, 15) is 9.59 Å². The number of benzene rings is 2. The summed E-state index contributed by atoms with van der Waals surface area (Å²) in [5.74, 6) is 0.519. The van der Waals surface area contributed by atoms with Crippen LogP contribution in [-0.4, -0.2) is 40.8 Å². The number of ether oxygens (including phenoxy) is 2. The smallest absolute Gasteiger partial charge is 0.266 e. The highest BCUT2D eigenvalue weighted by Gasteiger charge is 2.31. The van der Waals surface area contributed by atoms with Gasteiger partial charge in [0.1, 0.15) is 4.32 Å². The monoisotopic (exact) mass is 468 g/mol. The predicted molar refractivity (Wildman–Crippen MR) is 133 cm³/mol. The molecular formula is C24H24N2O4S2. The lowest BCUT2D eigenvalue weighted by molar-refractivity contribution is -0.121. The van der Waals surface area contributed by atoms with Gasteiger partial charge in [-0.1, -0.05) is 53.8 Å². The standard InChI is InChI=1S/C24H24N2O4S2/c1-4-12-26-23(28)21(32-24(26)31)14-17-8-11-19(20(13-17)29-5-2)30-15-22(27)25-18-9-6-16(3)7-10-18/h4,6-11,13-14H,1,5,12,15H2,2-3H3,(H,25,27). The summed E-state index contributed by atoms with van der Waals surface area (Å²) in [6.07, 6.45) is 3.40. The number of nitrogens with one attached hydrogen (secondary N) is 1. The molecule has 1 fully saturated rings. The van der Waals surface area contributed by atoms with Crippen LogP contribution in [0.2, 0.25) is 0 Å². The van der Waals surface area contributed by atoms with Crippen LogP contribution < -0.4 is 14.8 Å². The maximum absolute atomic E-state index is 12.5. The average Bonchev–Trinajstić information content (AvgIpc) is 3.03. The van der Waals surface area contributed by atoms with E-state index in [1.807, 2.05) is 38.1 Å². The van der Waals surface area contributed by atoms with Gasteiger partial charge in [-0.15, -0.1) is 6.58 Å². The van der Waals surface area contributed by atoms with E-state index >= 15 is 0 Å². The summed E-state index contributed by atoms with van der Waals surface area (Å²) in [6.45, 7) is 8.15.